The maximum Gasteiger partial charge on any atom is 0.490 e. The van der Waals surface area contributed by atoms with E-state index in [1.54, 1.807) is 6.92 Å². The first-order valence-electron chi connectivity index (χ1n) is 10.2. The standard InChI is InChI=1S/C19H26N2O6.C2HF3O2/c1-3-16(23)19(2,18(24)25)27-15-6-4-5-13(17(15)20)14(22)11-26-12-7-9-21-10-8-12;3-2(4,5)1(6)7/h4-6,12,21H,3,7-11,20H2,1-2H3,(H,24,25);(H,6,7). The number of carbonyl (C=O) groups excluding carboxylic acids is 2. The number of carboxylic acid groups (broad SMARTS) is 2. The predicted molar refractivity (Wildman–Crippen MR) is 113 cm³/mol. The number of benzene rings is 1. The highest BCUT2D eigenvalue weighted by molar-refractivity contribution is 6.07. The van der Waals surface area contributed by atoms with Gasteiger partial charge in [-0.3, -0.25) is 9.59 Å². The molecule has 1 aromatic carbocycles. The second kappa shape index (κ2) is 12.3. The zero-order chi connectivity index (χ0) is 26.1. The molecule has 0 amide bonds. The van der Waals surface area contributed by atoms with Crippen LogP contribution in [0.1, 0.15) is 43.5 Å². The van der Waals surface area contributed by atoms with E-state index in [1.807, 2.05) is 0 Å². The van der Waals surface area contributed by atoms with Crippen molar-refractivity contribution in [3.05, 3.63) is 23.8 Å². The smallest absolute Gasteiger partial charge is 0.478 e. The molecule has 1 aliphatic heterocycles. The number of nitrogens with two attached hydrogens (primary N) is 1. The molecule has 0 aliphatic carbocycles. The minimum atomic E-state index is -5.08. The van der Waals surface area contributed by atoms with Gasteiger partial charge in [-0.25, -0.2) is 9.59 Å². The largest absolute Gasteiger partial charge is 0.490 e. The normalized spacial score (nSPS) is 15.9. The number of para-hydroxylation sites is 1. The fourth-order valence-electron chi connectivity index (χ4n) is 2.89. The highest BCUT2D eigenvalue weighted by atomic mass is 19.4. The quantitative estimate of drug-likeness (QED) is 0.228. The van der Waals surface area contributed by atoms with Gasteiger partial charge in [0.15, 0.2) is 11.6 Å². The molecule has 0 aromatic heterocycles. The van der Waals surface area contributed by atoms with E-state index in [-0.39, 0.29) is 41.9 Å². The summed E-state index contributed by atoms with van der Waals surface area (Å²) in [6.45, 7) is 4.30. The fourth-order valence-corrected chi connectivity index (χ4v) is 2.89. The zero-order valence-electron chi connectivity index (χ0n) is 18.6. The van der Waals surface area contributed by atoms with Gasteiger partial charge >= 0.3 is 18.1 Å². The number of hydrogen-bond acceptors (Lipinski definition) is 8. The lowest BCUT2D eigenvalue weighted by Gasteiger charge is -2.26. The van der Waals surface area contributed by atoms with Crippen molar-refractivity contribution in [2.75, 3.05) is 25.4 Å². The number of aliphatic carboxylic acids is 2. The molecule has 1 fully saturated rings. The van der Waals surface area contributed by atoms with Crippen molar-refractivity contribution in [1.29, 1.82) is 0 Å². The molecule has 34 heavy (non-hydrogen) atoms. The Morgan fingerprint density at radius 3 is 2.15 bits per heavy atom. The Morgan fingerprint density at radius 2 is 1.68 bits per heavy atom. The summed E-state index contributed by atoms with van der Waals surface area (Å²) >= 11 is 0. The molecule has 1 saturated heterocycles. The van der Waals surface area contributed by atoms with Gasteiger partial charge in [-0.15, -0.1) is 0 Å². The first-order valence-corrected chi connectivity index (χ1v) is 10.2. The number of ether oxygens (including phenoxy) is 2. The molecule has 0 saturated carbocycles. The van der Waals surface area contributed by atoms with E-state index in [0.717, 1.165) is 25.9 Å². The number of nitrogen functional groups attached to an aromatic ring is 1. The van der Waals surface area contributed by atoms with Gasteiger partial charge in [0.2, 0.25) is 0 Å². The van der Waals surface area contributed by atoms with Gasteiger partial charge in [0.25, 0.3) is 5.60 Å². The Labute approximate surface area is 193 Å². The van der Waals surface area contributed by atoms with Gasteiger partial charge in [0.05, 0.1) is 11.8 Å². The van der Waals surface area contributed by atoms with Gasteiger partial charge in [0.1, 0.15) is 12.4 Å². The Bertz CT molecular complexity index is 900. The van der Waals surface area contributed by atoms with Crippen LogP contribution < -0.4 is 15.8 Å². The van der Waals surface area contributed by atoms with Crippen molar-refractivity contribution >= 4 is 29.2 Å². The van der Waals surface area contributed by atoms with Crippen LogP contribution in [0.2, 0.25) is 0 Å². The molecule has 0 spiro atoms. The number of piperidine rings is 1. The molecule has 0 radical (unpaired) electrons. The summed E-state index contributed by atoms with van der Waals surface area (Å²) in [5.41, 5.74) is 4.13. The summed E-state index contributed by atoms with van der Waals surface area (Å²) < 4.78 is 42.8. The summed E-state index contributed by atoms with van der Waals surface area (Å²) in [5.74, 6) is -5.11. The zero-order valence-corrected chi connectivity index (χ0v) is 18.6. The second-order valence-electron chi connectivity index (χ2n) is 7.42. The summed E-state index contributed by atoms with van der Waals surface area (Å²) in [4.78, 5) is 45.0. The minimum Gasteiger partial charge on any atom is -0.478 e. The Kier molecular flexibility index (Phi) is 10.5. The third kappa shape index (κ3) is 7.99. The molecular weight excluding hydrogens is 465 g/mol. The maximum absolute atomic E-state index is 12.5. The third-order valence-electron chi connectivity index (χ3n) is 4.92. The lowest BCUT2D eigenvalue weighted by molar-refractivity contribution is -0.192. The van der Waals surface area contributed by atoms with Crippen LogP contribution in [0.25, 0.3) is 0 Å². The number of anilines is 1. The first-order chi connectivity index (χ1) is 15.7. The van der Waals surface area contributed by atoms with Crippen LogP contribution >= 0.6 is 0 Å². The van der Waals surface area contributed by atoms with Gasteiger partial charge in [0, 0.05) is 12.0 Å². The monoisotopic (exact) mass is 492 g/mol. The molecule has 1 heterocycles. The molecule has 1 aromatic rings. The highest BCUT2D eigenvalue weighted by Crippen LogP contribution is 2.30. The second-order valence-corrected chi connectivity index (χ2v) is 7.42. The molecular formula is C21H27F3N2O8. The number of halogens is 3. The van der Waals surface area contributed by atoms with Crippen LogP contribution in [0.15, 0.2) is 18.2 Å². The maximum atomic E-state index is 12.5. The fraction of sp³-hybridized carbons (Fsp3) is 0.524. The summed E-state index contributed by atoms with van der Waals surface area (Å²) in [6, 6.07) is 4.49. The molecule has 2 rings (SSSR count). The SMILES string of the molecule is CCC(=O)C(C)(Oc1cccc(C(=O)COC2CCNCC2)c1N)C(=O)O.O=C(O)C(F)(F)F. The number of carboxylic acids is 2. The lowest BCUT2D eigenvalue weighted by atomic mass is 9.98. The van der Waals surface area contributed by atoms with Crippen LogP contribution in [0, 0.1) is 0 Å². The summed E-state index contributed by atoms with van der Waals surface area (Å²) in [7, 11) is 0. The molecule has 1 atom stereocenters. The highest BCUT2D eigenvalue weighted by Gasteiger charge is 2.43. The Balaban J connectivity index is 0.000000718. The van der Waals surface area contributed by atoms with Crippen LogP contribution in [-0.4, -0.2) is 71.3 Å². The van der Waals surface area contributed by atoms with Crippen molar-refractivity contribution in [2.24, 2.45) is 0 Å². The Hall–Kier alpha value is -3.19. The van der Waals surface area contributed by atoms with Gasteiger partial charge in [-0.2, -0.15) is 13.2 Å². The molecule has 13 heteroatoms. The van der Waals surface area contributed by atoms with Crippen molar-refractivity contribution in [1.82, 2.24) is 5.32 Å². The van der Waals surface area contributed by atoms with E-state index in [1.165, 1.54) is 25.1 Å². The van der Waals surface area contributed by atoms with Crippen LogP contribution in [0.3, 0.4) is 0 Å². The van der Waals surface area contributed by atoms with E-state index in [0.29, 0.717) is 0 Å². The van der Waals surface area contributed by atoms with Crippen LogP contribution in [0.5, 0.6) is 5.75 Å². The number of ketones is 2. The third-order valence-corrected chi connectivity index (χ3v) is 4.92. The number of rotatable bonds is 9. The number of hydrogen-bond donors (Lipinski definition) is 4. The van der Waals surface area contributed by atoms with Crippen molar-refractivity contribution in [2.45, 2.75) is 51.0 Å². The average Bonchev–Trinajstić information content (AvgIpc) is 2.78. The topological polar surface area (TPSA) is 165 Å². The first kappa shape index (κ1) is 28.8. The van der Waals surface area contributed by atoms with Gasteiger partial charge < -0.3 is 30.7 Å². The molecule has 0 bridgehead atoms. The molecule has 5 N–H and O–H groups in total. The minimum absolute atomic E-state index is 0.00668. The van der Waals surface area contributed by atoms with Crippen molar-refractivity contribution < 1.29 is 52.0 Å². The lowest BCUT2D eigenvalue weighted by Crippen LogP contribution is -2.49. The summed E-state index contributed by atoms with van der Waals surface area (Å²) in [6.07, 6.45) is -3.40. The van der Waals surface area contributed by atoms with E-state index < -0.39 is 29.5 Å². The van der Waals surface area contributed by atoms with Crippen molar-refractivity contribution in [3.8, 4) is 5.75 Å². The molecule has 1 unspecified atom stereocenters. The number of alkyl halides is 3. The molecule has 190 valence electrons. The Morgan fingerprint density at radius 1 is 1.12 bits per heavy atom. The van der Waals surface area contributed by atoms with Gasteiger partial charge in [-0.05, 0) is 45.0 Å². The van der Waals surface area contributed by atoms with E-state index in [9.17, 15) is 32.7 Å². The van der Waals surface area contributed by atoms with Crippen molar-refractivity contribution in [3.63, 3.8) is 0 Å². The van der Waals surface area contributed by atoms with E-state index in [4.69, 9.17) is 25.1 Å². The number of nitrogens with one attached hydrogen (secondary N) is 1. The molecule has 1 aliphatic rings. The number of Topliss-reactive ketones (excluding diaryl/α,β-unsaturated/α-hetero) is 2. The van der Waals surface area contributed by atoms with Gasteiger partial charge in [-0.1, -0.05) is 13.0 Å². The van der Waals surface area contributed by atoms with E-state index in [2.05, 4.69) is 5.32 Å². The molecule has 10 nitrogen and oxygen atoms in total. The summed E-state index contributed by atoms with van der Waals surface area (Å²) in [5, 5.41) is 19.8. The van der Waals surface area contributed by atoms with Crippen LogP contribution in [-0.2, 0) is 19.1 Å². The van der Waals surface area contributed by atoms with E-state index >= 15 is 0 Å². The average molecular weight is 492 g/mol. The predicted octanol–water partition coefficient (Wildman–Crippen LogP) is 2.05. The van der Waals surface area contributed by atoms with Crippen LogP contribution in [0.4, 0.5) is 18.9 Å². The number of carbonyl (C=O) groups is 4.